The van der Waals surface area contributed by atoms with Gasteiger partial charge in [0.2, 0.25) is 10.0 Å². The molecule has 0 atom stereocenters. The topological polar surface area (TPSA) is 94.9 Å². The first kappa shape index (κ1) is 13.5. The van der Waals surface area contributed by atoms with Crippen LogP contribution >= 0.6 is 0 Å². The van der Waals surface area contributed by atoms with Crippen LogP contribution in [0.4, 0.5) is 0 Å². The molecule has 1 aromatic rings. The van der Waals surface area contributed by atoms with Gasteiger partial charge in [0.15, 0.2) is 0 Å². The van der Waals surface area contributed by atoms with Crippen LogP contribution in [0.1, 0.15) is 12.0 Å². The van der Waals surface area contributed by atoms with Gasteiger partial charge in [0.25, 0.3) is 0 Å². The molecule has 0 radical (unpaired) electrons. The quantitative estimate of drug-likeness (QED) is 0.363. The van der Waals surface area contributed by atoms with Gasteiger partial charge in [-0.15, -0.1) is 0 Å². The van der Waals surface area contributed by atoms with E-state index in [1.54, 1.807) is 24.3 Å². The number of azide groups is 1. The smallest absolute Gasteiger partial charge is 0.211 e. The second-order valence-electron chi connectivity index (χ2n) is 3.52. The highest BCUT2D eigenvalue weighted by Crippen LogP contribution is 2.09. The van der Waals surface area contributed by atoms with Crippen LogP contribution in [0.25, 0.3) is 10.4 Å². The number of sulfonamides is 1. The van der Waals surface area contributed by atoms with Gasteiger partial charge in [0, 0.05) is 18.0 Å². The zero-order valence-corrected chi connectivity index (χ0v) is 10.3. The minimum atomic E-state index is -3.45. The summed E-state index contributed by atoms with van der Waals surface area (Å²) in [6.07, 6.45) is 0.481. The maximum atomic E-state index is 11.8. The molecule has 0 aliphatic heterocycles. The normalized spacial score (nSPS) is 10.9. The maximum absolute atomic E-state index is 11.8. The van der Waals surface area contributed by atoms with Crippen LogP contribution in [0.15, 0.2) is 34.3 Å². The molecule has 0 spiro atoms. The molecule has 1 aromatic carbocycles. The van der Waals surface area contributed by atoms with Crippen molar-refractivity contribution in [3.8, 4) is 0 Å². The van der Waals surface area contributed by atoms with Gasteiger partial charge < -0.3 is 0 Å². The number of rotatable bonds is 6. The van der Waals surface area contributed by atoms with E-state index in [0.717, 1.165) is 5.56 Å². The number of hydrogen-bond acceptors (Lipinski definition) is 3. The number of aryl methyl sites for hydroxylation is 1. The molecule has 0 fully saturated rings. The Labute approximate surface area is 100 Å². The lowest BCUT2D eigenvalue weighted by Crippen LogP contribution is -2.25. The summed E-state index contributed by atoms with van der Waals surface area (Å²) in [6, 6.07) is 6.61. The molecule has 0 aromatic heterocycles. The van der Waals surface area contributed by atoms with Gasteiger partial charge in [-0.3, -0.25) is 0 Å². The van der Waals surface area contributed by atoms with Crippen molar-refractivity contribution in [3.63, 3.8) is 0 Å². The summed E-state index contributed by atoms with van der Waals surface area (Å²) in [5, 5.41) is 3.32. The number of nitrogens with zero attached hydrogens (tertiary/aromatic N) is 3. The van der Waals surface area contributed by atoms with Crippen LogP contribution in [-0.2, 0) is 10.0 Å². The number of hydrogen-bond donors (Lipinski definition) is 1. The first-order valence-corrected chi connectivity index (χ1v) is 6.62. The Hall–Kier alpha value is -1.56. The fraction of sp³-hybridized carbons (Fsp3) is 0.400. The average Bonchev–Trinajstić information content (AvgIpc) is 2.29. The van der Waals surface area contributed by atoms with E-state index in [-0.39, 0.29) is 18.0 Å². The number of benzene rings is 1. The molecule has 0 aliphatic rings. The highest BCUT2D eigenvalue weighted by Gasteiger charge is 2.11. The summed E-state index contributed by atoms with van der Waals surface area (Å²) >= 11 is 0. The Balaban J connectivity index is 2.57. The van der Waals surface area contributed by atoms with Gasteiger partial charge in [-0.1, -0.05) is 22.8 Å². The third-order valence-corrected chi connectivity index (χ3v) is 3.60. The van der Waals surface area contributed by atoms with Gasteiger partial charge >= 0.3 is 0 Å². The molecule has 0 heterocycles. The van der Waals surface area contributed by atoms with Gasteiger partial charge in [0.1, 0.15) is 0 Å². The second kappa shape index (κ2) is 6.24. The molecule has 0 amide bonds. The van der Waals surface area contributed by atoms with Crippen molar-refractivity contribution >= 4 is 10.0 Å². The molecular weight excluding hydrogens is 240 g/mol. The van der Waals surface area contributed by atoms with Crippen LogP contribution in [0, 0.1) is 6.92 Å². The van der Waals surface area contributed by atoms with E-state index in [9.17, 15) is 8.42 Å². The molecule has 17 heavy (non-hydrogen) atoms. The Morgan fingerprint density at radius 2 is 2.00 bits per heavy atom. The summed E-state index contributed by atoms with van der Waals surface area (Å²) in [5.74, 6) is 0. The summed E-state index contributed by atoms with van der Waals surface area (Å²) in [5.41, 5.74) is 9.06. The summed E-state index contributed by atoms with van der Waals surface area (Å²) < 4.78 is 26.0. The van der Waals surface area contributed by atoms with E-state index >= 15 is 0 Å². The Bertz CT molecular complexity index is 504. The van der Waals surface area contributed by atoms with Crippen LogP contribution in [0.2, 0.25) is 0 Å². The molecule has 0 unspecified atom stereocenters. The van der Waals surface area contributed by atoms with E-state index in [1.807, 2.05) is 6.92 Å². The van der Waals surface area contributed by atoms with Crippen molar-refractivity contribution < 1.29 is 8.42 Å². The summed E-state index contributed by atoms with van der Waals surface area (Å²) in [4.78, 5) is 2.83. The summed E-state index contributed by atoms with van der Waals surface area (Å²) in [7, 11) is -3.45. The second-order valence-corrected chi connectivity index (χ2v) is 5.29. The number of nitrogens with one attached hydrogen (secondary N) is 1. The SMILES string of the molecule is Cc1ccc(S(=O)(=O)NCCCN=[N+]=[N-])cc1. The van der Waals surface area contributed by atoms with Crippen LogP contribution in [-0.4, -0.2) is 21.5 Å². The fourth-order valence-corrected chi connectivity index (χ4v) is 2.28. The van der Waals surface area contributed by atoms with Crippen molar-refractivity contribution in [1.82, 2.24) is 4.72 Å². The maximum Gasteiger partial charge on any atom is 0.240 e. The molecule has 1 rings (SSSR count). The van der Waals surface area contributed by atoms with Crippen molar-refractivity contribution in [2.24, 2.45) is 5.11 Å². The lowest BCUT2D eigenvalue weighted by molar-refractivity contribution is 0.579. The van der Waals surface area contributed by atoms with E-state index in [1.165, 1.54) is 0 Å². The van der Waals surface area contributed by atoms with Gasteiger partial charge in [-0.05, 0) is 31.0 Å². The minimum absolute atomic E-state index is 0.242. The average molecular weight is 254 g/mol. The van der Waals surface area contributed by atoms with Crippen molar-refractivity contribution in [2.75, 3.05) is 13.1 Å². The molecule has 1 N–H and O–H groups in total. The monoisotopic (exact) mass is 254 g/mol. The van der Waals surface area contributed by atoms with Gasteiger partial charge in [-0.2, -0.15) is 0 Å². The van der Waals surface area contributed by atoms with Crippen molar-refractivity contribution in [3.05, 3.63) is 40.3 Å². The molecule has 0 aliphatic carbocycles. The van der Waals surface area contributed by atoms with Gasteiger partial charge in [-0.25, -0.2) is 13.1 Å². The predicted molar refractivity (Wildman–Crippen MR) is 65.0 cm³/mol. The highest BCUT2D eigenvalue weighted by molar-refractivity contribution is 7.89. The van der Waals surface area contributed by atoms with E-state index in [4.69, 9.17) is 5.53 Å². The Kier molecular flexibility index (Phi) is 4.96. The van der Waals surface area contributed by atoms with E-state index < -0.39 is 10.0 Å². The van der Waals surface area contributed by atoms with Crippen LogP contribution in [0.5, 0.6) is 0 Å². The fourth-order valence-electron chi connectivity index (χ4n) is 1.20. The first-order valence-electron chi connectivity index (χ1n) is 5.13. The lowest BCUT2D eigenvalue weighted by Gasteiger charge is -2.05. The van der Waals surface area contributed by atoms with E-state index in [0.29, 0.717) is 6.42 Å². The molecule has 7 heteroatoms. The largest absolute Gasteiger partial charge is 0.240 e. The van der Waals surface area contributed by atoms with Crippen molar-refractivity contribution in [2.45, 2.75) is 18.2 Å². The first-order chi connectivity index (χ1) is 8.06. The molecule has 0 bridgehead atoms. The zero-order chi connectivity index (χ0) is 12.7. The van der Waals surface area contributed by atoms with Crippen LogP contribution < -0.4 is 4.72 Å². The zero-order valence-electron chi connectivity index (χ0n) is 9.50. The molecule has 0 saturated carbocycles. The molecular formula is C10H14N4O2S. The third kappa shape index (κ3) is 4.44. The third-order valence-electron chi connectivity index (χ3n) is 2.12. The van der Waals surface area contributed by atoms with E-state index in [2.05, 4.69) is 14.7 Å². The highest BCUT2D eigenvalue weighted by atomic mass is 32.2. The molecule has 6 nitrogen and oxygen atoms in total. The Morgan fingerprint density at radius 1 is 1.35 bits per heavy atom. The molecule has 0 saturated heterocycles. The van der Waals surface area contributed by atoms with Crippen LogP contribution in [0.3, 0.4) is 0 Å². The lowest BCUT2D eigenvalue weighted by atomic mass is 10.2. The summed E-state index contributed by atoms with van der Waals surface area (Å²) in [6.45, 7) is 2.44. The van der Waals surface area contributed by atoms with Crippen molar-refractivity contribution in [1.29, 1.82) is 0 Å². The Morgan fingerprint density at radius 3 is 2.59 bits per heavy atom. The van der Waals surface area contributed by atoms with Gasteiger partial charge in [0.05, 0.1) is 4.90 Å². The predicted octanol–water partition coefficient (Wildman–Crippen LogP) is 1.97. The molecule has 92 valence electrons. The standard InChI is InChI=1S/C10H14N4O2S/c1-9-3-5-10(6-4-9)17(15,16)13-8-2-7-12-14-11/h3-6,13H,2,7-8H2,1H3. The minimum Gasteiger partial charge on any atom is -0.211 e.